The zero-order chi connectivity index (χ0) is 23.3. The van der Waals surface area contributed by atoms with Gasteiger partial charge in [0.05, 0.1) is 13.7 Å². The van der Waals surface area contributed by atoms with Crippen molar-refractivity contribution in [2.45, 2.75) is 45.1 Å². The largest absolute Gasteiger partial charge is 0.493 e. The zero-order valence-corrected chi connectivity index (χ0v) is 19.5. The van der Waals surface area contributed by atoms with Crippen LogP contribution in [0.15, 0.2) is 22.2 Å². The van der Waals surface area contributed by atoms with Crippen LogP contribution in [0.5, 0.6) is 11.5 Å². The number of ether oxygens (including phenoxy) is 3. The second kappa shape index (κ2) is 10.6. The number of carbonyl (C=O) groups excluding carboxylic acids is 4. The van der Waals surface area contributed by atoms with Gasteiger partial charge in [0.1, 0.15) is 5.57 Å². The first-order valence-electron chi connectivity index (χ1n) is 10.4. The van der Waals surface area contributed by atoms with Crippen molar-refractivity contribution >= 4 is 45.8 Å². The average Bonchev–Trinajstić information content (AvgIpc) is 2.77. The Balaban J connectivity index is 1.88. The van der Waals surface area contributed by atoms with Crippen molar-refractivity contribution in [3.05, 3.63) is 27.7 Å². The van der Waals surface area contributed by atoms with E-state index in [1.54, 1.807) is 19.1 Å². The first kappa shape index (κ1) is 23.8. The fraction of sp³-hybridized carbons (Fsp3) is 0.455. The molecular weight excluding hydrogens is 484 g/mol. The van der Waals surface area contributed by atoms with Crippen LogP contribution >= 0.6 is 15.9 Å². The SMILES string of the molecule is CCOC(=O)COc1cc(Br)c(C=C2C(=O)NC(=O)N(C3CCCCC3)C2=O)cc1OC. The molecule has 10 heteroatoms. The van der Waals surface area contributed by atoms with E-state index in [2.05, 4.69) is 21.2 Å². The Kier molecular flexibility index (Phi) is 7.89. The number of nitrogens with zero attached hydrogens (tertiary/aromatic N) is 1. The lowest BCUT2D eigenvalue weighted by molar-refractivity contribution is -0.145. The van der Waals surface area contributed by atoms with Crippen molar-refractivity contribution in [2.75, 3.05) is 20.3 Å². The van der Waals surface area contributed by atoms with E-state index in [1.165, 1.54) is 13.2 Å². The number of barbiturate groups is 1. The van der Waals surface area contributed by atoms with E-state index in [1.807, 2.05) is 0 Å². The first-order chi connectivity index (χ1) is 15.3. The molecule has 32 heavy (non-hydrogen) atoms. The molecule has 1 aliphatic carbocycles. The molecule has 0 spiro atoms. The van der Waals surface area contributed by atoms with Crippen LogP contribution < -0.4 is 14.8 Å². The van der Waals surface area contributed by atoms with Crippen LogP contribution in [0.25, 0.3) is 6.08 Å². The highest BCUT2D eigenvalue weighted by atomic mass is 79.9. The van der Waals surface area contributed by atoms with Crippen molar-refractivity contribution < 1.29 is 33.4 Å². The third-order valence-electron chi connectivity index (χ3n) is 5.31. The van der Waals surface area contributed by atoms with E-state index in [0.717, 1.165) is 37.0 Å². The lowest BCUT2D eigenvalue weighted by Gasteiger charge is -2.35. The highest BCUT2D eigenvalue weighted by molar-refractivity contribution is 9.10. The molecule has 3 rings (SSSR count). The van der Waals surface area contributed by atoms with Gasteiger partial charge in [0.25, 0.3) is 11.8 Å². The Bertz CT molecular complexity index is 954. The number of benzene rings is 1. The van der Waals surface area contributed by atoms with Crippen LogP contribution in [-0.2, 0) is 19.1 Å². The number of hydrogen-bond donors (Lipinski definition) is 1. The molecule has 1 aliphatic heterocycles. The highest BCUT2D eigenvalue weighted by Crippen LogP contribution is 2.35. The van der Waals surface area contributed by atoms with Gasteiger partial charge < -0.3 is 14.2 Å². The average molecular weight is 509 g/mol. The summed E-state index contributed by atoms with van der Waals surface area (Å²) in [4.78, 5) is 50.6. The Morgan fingerprint density at radius 1 is 1.19 bits per heavy atom. The normalized spacial score (nSPS) is 18.5. The first-order valence-corrected chi connectivity index (χ1v) is 11.2. The monoisotopic (exact) mass is 508 g/mol. The smallest absolute Gasteiger partial charge is 0.344 e. The number of amides is 4. The van der Waals surface area contributed by atoms with Crippen LogP contribution in [0.2, 0.25) is 0 Å². The van der Waals surface area contributed by atoms with Gasteiger partial charge in [0, 0.05) is 10.5 Å². The van der Waals surface area contributed by atoms with Crippen molar-refractivity contribution in [3.8, 4) is 11.5 Å². The summed E-state index contributed by atoms with van der Waals surface area (Å²) < 4.78 is 16.2. The van der Waals surface area contributed by atoms with Gasteiger partial charge in [-0.2, -0.15) is 0 Å². The third kappa shape index (κ3) is 5.29. The van der Waals surface area contributed by atoms with Crippen LogP contribution in [0.4, 0.5) is 4.79 Å². The summed E-state index contributed by atoms with van der Waals surface area (Å²) in [5, 5.41) is 2.27. The number of halogens is 1. The van der Waals surface area contributed by atoms with Crippen molar-refractivity contribution in [3.63, 3.8) is 0 Å². The molecule has 0 aromatic heterocycles. The molecule has 1 saturated heterocycles. The minimum Gasteiger partial charge on any atom is -0.493 e. The molecule has 2 aliphatic rings. The van der Waals surface area contributed by atoms with E-state index in [9.17, 15) is 19.2 Å². The fourth-order valence-electron chi connectivity index (χ4n) is 3.77. The zero-order valence-electron chi connectivity index (χ0n) is 17.9. The Labute approximate surface area is 194 Å². The Morgan fingerprint density at radius 3 is 2.56 bits per heavy atom. The Hall–Kier alpha value is -2.88. The molecule has 1 N–H and O–H groups in total. The van der Waals surface area contributed by atoms with Gasteiger partial charge in [-0.1, -0.05) is 35.2 Å². The third-order valence-corrected chi connectivity index (χ3v) is 5.99. The van der Waals surface area contributed by atoms with E-state index in [4.69, 9.17) is 14.2 Å². The van der Waals surface area contributed by atoms with Crippen LogP contribution in [0.3, 0.4) is 0 Å². The fourth-order valence-corrected chi connectivity index (χ4v) is 4.21. The summed E-state index contributed by atoms with van der Waals surface area (Å²) >= 11 is 3.40. The number of rotatable bonds is 7. The molecule has 1 heterocycles. The van der Waals surface area contributed by atoms with Gasteiger partial charge in [-0.15, -0.1) is 0 Å². The molecule has 1 aromatic rings. The summed E-state index contributed by atoms with van der Waals surface area (Å²) in [5.41, 5.74) is 0.333. The number of hydrogen-bond acceptors (Lipinski definition) is 7. The maximum absolute atomic E-state index is 13.1. The predicted molar refractivity (Wildman–Crippen MR) is 118 cm³/mol. The summed E-state index contributed by atoms with van der Waals surface area (Å²) in [6.07, 6.45) is 5.80. The molecule has 0 unspecified atom stereocenters. The second-order valence-electron chi connectivity index (χ2n) is 7.40. The number of nitrogens with one attached hydrogen (secondary N) is 1. The second-order valence-corrected chi connectivity index (χ2v) is 8.26. The number of carbonyl (C=O) groups is 4. The lowest BCUT2D eigenvalue weighted by atomic mass is 9.93. The van der Waals surface area contributed by atoms with Gasteiger partial charge in [-0.25, -0.2) is 9.59 Å². The van der Waals surface area contributed by atoms with E-state index in [0.29, 0.717) is 15.8 Å². The minimum absolute atomic E-state index is 0.141. The molecule has 2 fully saturated rings. The summed E-state index contributed by atoms with van der Waals surface area (Å²) in [6, 6.07) is 2.24. The Morgan fingerprint density at radius 2 is 1.91 bits per heavy atom. The van der Waals surface area contributed by atoms with Gasteiger partial charge in [0.15, 0.2) is 18.1 Å². The lowest BCUT2D eigenvalue weighted by Crippen LogP contribution is -2.58. The molecule has 0 radical (unpaired) electrons. The summed E-state index contributed by atoms with van der Waals surface area (Å²) in [5.74, 6) is -1.30. The van der Waals surface area contributed by atoms with Gasteiger partial charge in [0.2, 0.25) is 0 Å². The van der Waals surface area contributed by atoms with Crippen LogP contribution in [-0.4, -0.2) is 55.1 Å². The number of methoxy groups -OCH3 is 1. The van der Waals surface area contributed by atoms with E-state index in [-0.39, 0.29) is 30.6 Å². The van der Waals surface area contributed by atoms with Gasteiger partial charge in [-0.05, 0) is 43.5 Å². The molecule has 1 aromatic carbocycles. The molecule has 4 amide bonds. The molecule has 9 nitrogen and oxygen atoms in total. The van der Waals surface area contributed by atoms with Crippen LogP contribution in [0, 0.1) is 0 Å². The molecular formula is C22H25BrN2O7. The minimum atomic E-state index is -0.749. The summed E-state index contributed by atoms with van der Waals surface area (Å²) in [7, 11) is 1.43. The maximum atomic E-state index is 13.1. The molecule has 172 valence electrons. The van der Waals surface area contributed by atoms with E-state index < -0.39 is 23.8 Å². The standard InChI is InChI=1S/C22H25BrN2O7/c1-3-31-19(26)12-32-18-11-16(23)13(10-17(18)30-2)9-15-20(27)24-22(29)25(21(15)28)14-7-5-4-6-8-14/h9-11,14H,3-8,12H2,1-2H3,(H,24,27,29). The van der Waals surface area contributed by atoms with Crippen molar-refractivity contribution in [2.24, 2.45) is 0 Å². The van der Waals surface area contributed by atoms with Gasteiger partial charge in [-0.3, -0.25) is 19.8 Å². The quantitative estimate of drug-likeness (QED) is 0.342. The maximum Gasteiger partial charge on any atom is 0.344 e. The number of imide groups is 2. The topological polar surface area (TPSA) is 111 Å². The van der Waals surface area contributed by atoms with Crippen molar-refractivity contribution in [1.29, 1.82) is 0 Å². The molecule has 1 saturated carbocycles. The molecule has 0 atom stereocenters. The predicted octanol–water partition coefficient (Wildman–Crippen LogP) is 3.19. The van der Waals surface area contributed by atoms with Crippen molar-refractivity contribution in [1.82, 2.24) is 10.2 Å². The van der Waals surface area contributed by atoms with E-state index >= 15 is 0 Å². The number of urea groups is 1. The summed E-state index contributed by atoms with van der Waals surface area (Å²) in [6.45, 7) is 1.64. The van der Waals surface area contributed by atoms with Crippen LogP contribution in [0.1, 0.15) is 44.6 Å². The molecule has 0 bridgehead atoms. The highest BCUT2D eigenvalue weighted by Gasteiger charge is 2.40. The van der Waals surface area contributed by atoms with Gasteiger partial charge >= 0.3 is 12.0 Å². The number of esters is 1.